The summed E-state index contributed by atoms with van der Waals surface area (Å²) in [5.41, 5.74) is 1.70. The van der Waals surface area contributed by atoms with Crippen molar-refractivity contribution in [3.05, 3.63) is 52.8 Å². The Labute approximate surface area is 126 Å². The average Bonchev–Trinajstić information content (AvgIpc) is 2.44. The van der Waals surface area contributed by atoms with Gasteiger partial charge in [0.05, 0.1) is 22.4 Å². The molecule has 1 aliphatic heterocycles. The van der Waals surface area contributed by atoms with E-state index in [1.165, 1.54) is 0 Å². The molecule has 0 saturated carbocycles. The fourth-order valence-corrected chi connectivity index (χ4v) is 4.41. The first-order chi connectivity index (χ1) is 9.58. The first-order valence-electron chi connectivity index (χ1n) is 6.27. The van der Waals surface area contributed by atoms with E-state index in [9.17, 15) is 8.42 Å². The maximum absolute atomic E-state index is 12.1. The Morgan fingerprint density at radius 3 is 2.80 bits per heavy atom. The Balaban J connectivity index is 1.99. The second kappa shape index (κ2) is 5.18. The van der Waals surface area contributed by atoms with Crippen molar-refractivity contribution >= 4 is 31.5 Å². The maximum atomic E-state index is 12.1. The molecule has 1 aromatic carbocycles. The maximum Gasteiger partial charge on any atom is 0.178 e. The van der Waals surface area contributed by atoms with Gasteiger partial charge in [0.2, 0.25) is 0 Å². The molecule has 0 amide bonds. The molecular weight excluding hydrogens is 340 g/mol. The number of benzene rings is 1. The molecule has 0 aliphatic carbocycles. The number of hydrogen-bond acceptors (Lipinski definition) is 4. The predicted octanol–water partition coefficient (Wildman–Crippen LogP) is 3.17. The normalized spacial score (nSPS) is 20.1. The monoisotopic (exact) mass is 352 g/mol. The van der Waals surface area contributed by atoms with Crippen LogP contribution in [0.2, 0.25) is 0 Å². The summed E-state index contributed by atoms with van der Waals surface area (Å²) in [6.07, 6.45) is 2.26. The quantitative estimate of drug-likeness (QED) is 0.843. The van der Waals surface area contributed by atoms with Gasteiger partial charge in [-0.05, 0) is 46.1 Å². The number of pyridine rings is 1. The first kappa shape index (κ1) is 13.6. The van der Waals surface area contributed by atoms with Gasteiger partial charge in [-0.2, -0.15) is 0 Å². The number of aromatic nitrogens is 1. The zero-order chi connectivity index (χ0) is 14.2. The highest BCUT2D eigenvalue weighted by molar-refractivity contribution is 9.10. The van der Waals surface area contributed by atoms with Crippen molar-refractivity contribution in [1.82, 2.24) is 4.98 Å². The van der Waals surface area contributed by atoms with Crippen LogP contribution in [-0.4, -0.2) is 19.2 Å². The van der Waals surface area contributed by atoms with Gasteiger partial charge in [0, 0.05) is 6.20 Å². The summed E-state index contributed by atoms with van der Waals surface area (Å²) in [5, 5.41) is 3.37. The lowest BCUT2D eigenvalue weighted by Crippen LogP contribution is -2.24. The van der Waals surface area contributed by atoms with Crippen LogP contribution >= 0.6 is 15.9 Å². The number of hydrogen-bond donors (Lipinski definition) is 1. The molecule has 4 nitrogen and oxygen atoms in total. The number of nitrogens with one attached hydrogen (secondary N) is 1. The standard InChI is InChI=1S/C14H13BrN2O2S/c15-14-12(5-3-8-16-14)17-11-7-9-20(18,19)13-6-2-1-4-10(11)13/h1-6,8,11,17H,7,9H2. The predicted molar refractivity (Wildman–Crippen MR) is 81.4 cm³/mol. The van der Waals surface area contributed by atoms with Crippen LogP contribution in [0.25, 0.3) is 0 Å². The lowest BCUT2D eigenvalue weighted by Gasteiger charge is -2.27. The molecule has 0 fully saturated rings. The van der Waals surface area contributed by atoms with Crippen LogP contribution in [0.15, 0.2) is 52.1 Å². The highest BCUT2D eigenvalue weighted by atomic mass is 79.9. The molecule has 0 bridgehead atoms. The second-order valence-electron chi connectivity index (χ2n) is 4.68. The molecule has 2 aromatic rings. The summed E-state index contributed by atoms with van der Waals surface area (Å²) in [7, 11) is -3.14. The Morgan fingerprint density at radius 2 is 2.00 bits per heavy atom. The van der Waals surface area contributed by atoms with Crippen molar-refractivity contribution in [2.75, 3.05) is 11.1 Å². The van der Waals surface area contributed by atoms with Crippen LogP contribution in [-0.2, 0) is 9.84 Å². The van der Waals surface area contributed by atoms with E-state index >= 15 is 0 Å². The number of sulfone groups is 1. The van der Waals surface area contributed by atoms with E-state index in [-0.39, 0.29) is 11.8 Å². The molecule has 6 heteroatoms. The molecule has 3 rings (SSSR count). The minimum atomic E-state index is -3.14. The van der Waals surface area contributed by atoms with E-state index in [0.717, 1.165) is 15.9 Å². The molecule has 0 saturated heterocycles. The highest BCUT2D eigenvalue weighted by Gasteiger charge is 2.30. The lowest BCUT2D eigenvalue weighted by atomic mass is 10.0. The van der Waals surface area contributed by atoms with E-state index in [2.05, 4.69) is 26.2 Å². The van der Waals surface area contributed by atoms with E-state index in [1.54, 1.807) is 18.3 Å². The van der Waals surface area contributed by atoms with E-state index in [0.29, 0.717) is 11.3 Å². The summed E-state index contributed by atoms with van der Waals surface area (Å²) in [6.45, 7) is 0. The van der Waals surface area contributed by atoms with Gasteiger partial charge in [-0.25, -0.2) is 13.4 Å². The Morgan fingerprint density at radius 1 is 1.20 bits per heavy atom. The molecule has 1 aromatic heterocycles. The van der Waals surface area contributed by atoms with Gasteiger partial charge in [0.25, 0.3) is 0 Å². The van der Waals surface area contributed by atoms with Crippen LogP contribution in [0.4, 0.5) is 5.69 Å². The van der Waals surface area contributed by atoms with Gasteiger partial charge in [-0.1, -0.05) is 18.2 Å². The van der Waals surface area contributed by atoms with Crippen molar-refractivity contribution in [2.24, 2.45) is 0 Å². The van der Waals surface area contributed by atoms with E-state index < -0.39 is 9.84 Å². The molecule has 104 valence electrons. The molecule has 1 N–H and O–H groups in total. The smallest absolute Gasteiger partial charge is 0.178 e. The van der Waals surface area contributed by atoms with Crippen molar-refractivity contribution in [1.29, 1.82) is 0 Å². The molecule has 0 radical (unpaired) electrons. The summed E-state index contributed by atoms with van der Waals surface area (Å²) < 4.78 is 24.9. The summed E-state index contributed by atoms with van der Waals surface area (Å²) >= 11 is 3.39. The van der Waals surface area contributed by atoms with Gasteiger partial charge in [-0.15, -0.1) is 0 Å². The minimum absolute atomic E-state index is 0.0183. The summed E-state index contributed by atoms with van der Waals surface area (Å²) in [6, 6.07) is 10.9. The second-order valence-corrected chi connectivity index (χ2v) is 7.51. The zero-order valence-electron chi connectivity index (χ0n) is 10.6. The number of nitrogens with zero attached hydrogens (tertiary/aromatic N) is 1. The molecule has 20 heavy (non-hydrogen) atoms. The number of rotatable bonds is 2. The largest absolute Gasteiger partial charge is 0.376 e. The van der Waals surface area contributed by atoms with Crippen LogP contribution in [0.3, 0.4) is 0 Å². The van der Waals surface area contributed by atoms with Crippen molar-refractivity contribution < 1.29 is 8.42 Å². The lowest BCUT2D eigenvalue weighted by molar-refractivity contribution is 0.576. The number of fused-ring (bicyclic) bond motifs is 1. The molecule has 1 unspecified atom stereocenters. The Bertz CT molecular complexity index is 746. The SMILES string of the molecule is O=S1(=O)CCC(Nc2cccnc2Br)c2ccccc21. The van der Waals surface area contributed by atoms with E-state index in [1.807, 2.05) is 24.3 Å². The molecule has 0 spiro atoms. The van der Waals surface area contributed by atoms with E-state index in [4.69, 9.17) is 0 Å². The van der Waals surface area contributed by atoms with Gasteiger partial charge in [-0.3, -0.25) is 0 Å². The Kier molecular flexibility index (Phi) is 3.52. The fourth-order valence-electron chi connectivity index (χ4n) is 2.42. The van der Waals surface area contributed by atoms with Gasteiger partial charge in [0.1, 0.15) is 4.60 Å². The topological polar surface area (TPSA) is 59.1 Å². The minimum Gasteiger partial charge on any atom is -0.376 e. The van der Waals surface area contributed by atoms with Crippen LogP contribution < -0.4 is 5.32 Å². The molecular formula is C14H13BrN2O2S. The van der Waals surface area contributed by atoms with Crippen LogP contribution in [0, 0.1) is 0 Å². The number of halogens is 1. The van der Waals surface area contributed by atoms with Crippen LogP contribution in [0.1, 0.15) is 18.0 Å². The zero-order valence-corrected chi connectivity index (χ0v) is 13.0. The van der Waals surface area contributed by atoms with Gasteiger partial charge >= 0.3 is 0 Å². The van der Waals surface area contributed by atoms with Crippen molar-refractivity contribution in [3.63, 3.8) is 0 Å². The van der Waals surface area contributed by atoms with Gasteiger partial charge < -0.3 is 5.32 Å². The molecule has 2 heterocycles. The third-order valence-electron chi connectivity index (χ3n) is 3.39. The highest BCUT2D eigenvalue weighted by Crippen LogP contribution is 2.35. The molecule has 1 aliphatic rings. The molecule has 1 atom stereocenters. The van der Waals surface area contributed by atoms with Crippen molar-refractivity contribution in [2.45, 2.75) is 17.4 Å². The first-order valence-corrected chi connectivity index (χ1v) is 8.71. The average molecular weight is 353 g/mol. The summed E-state index contributed by atoms with van der Waals surface area (Å²) in [5.74, 6) is 0.166. The summed E-state index contributed by atoms with van der Waals surface area (Å²) in [4.78, 5) is 4.60. The fraction of sp³-hybridized carbons (Fsp3) is 0.214. The Hall–Kier alpha value is -1.40. The van der Waals surface area contributed by atoms with Crippen molar-refractivity contribution in [3.8, 4) is 0 Å². The third kappa shape index (κ3) is 2.45. The number of anilines is 1. The van der Waals surface area contributed by atoms with Crippen LogP contribution in [0.5, 0.6) is 0 Å². The van der Waals surface area contributed by atoms with Gasteiger partial charge in [0.15, 0.2) is 9.84 Å². The third-order valence-corrected chi connectivity index (χ3v) is 5.84.